The first-order valence-electron chi connectivity index (χ1n) is 7.97. The van der Waals surface area contributed by atoms with Crippen LogP contribution < -0.4 is 0 Å². The minimum Gasteiger partial charge on any atom is -0.350 e. The Hall–Kier alpha value is -3.15. The molecular formula is C19H17FN4O. The van der Waals surface area contributed by atoms with Crippen molar-refractivity contribution in [3.8, 4) is 0 Å². The molecule has 1 N–H and O–H groups in total. The lowest BCUT2D eigenvalue weighted by Crippen LogP contribution is -2.27. The second-order valence-corrected chi connectivity index (χ2v) is 6.12. The number of hydrogen-bond acceptors (Lipinski definition) is 2. The fourth-order valence-electron chi connectivity index (χ4n) is 3.06. The predicted octanol–water partition coefficient (Wildman–Crippen LogP) is 3.47. The molecule has 2 heterocycles. The summed E-state index contributed by atoms with van der Waals surface area (Å²) >= 11 is 0. The summed E-state index contributed by atoms with van der Waals surface area (Å²) in [4.78, 5) is 21.8. The van der Waals surface area contributed by atoms with Crippen LogP contribution in [0.25, 0.3) is 21.9 Å². The van der Waals surface area contributed by atoms with Gasteiger partial charge in [-0.15, -0.1) is 0 Å². The van der Waals surface area contributed by atoms with Crippen molar-refractivity contribution >= 4 is 27.8 Å². The average Bonchev–Trinajstić information content (AvgIpc) is 3.18. The monoisotopic (exact) mass is 336 g/mol. The number of halogens is 1. The number of aromatic nitrogens is 3. The van der Waals surface area contributed by atoms with E-state index in [0.29, 0.717) is 23.1 Å². The fraction of sp³-hybridized carbons (Fsp3) is 0.158. The van der Waals surface area contributed by atoms with Crippen LogP contribution >= 0.6 is 0 Å². The molecule has 1 amide bonds. The van der Waals surface area contributed by atoms with E-state index in [2.05, 4.69) is 9.97 Å². The zero-order chi connectivity index (χ0) is 17.6. The van der Waals surface area contributed by atoms with Crippen LogP contribution in [0.1, 0.15) is 16.3 Å². The number of imidazole rings is 1. The average molecular weight is 336 g/mol. The summed E-state index contributed by atoms with van der Waals surface area (Å²) in [5, 5.41) is 0.419. The fourth-order valence-corrected chi connectivity index (χ4v) is 3.06. The van der Waals surface area contributed by atoms with E-state index in [4.69, 9.17) is 0 Å². The number of carbonyl (C=O) groups is 1. The molecule has 0 aliphatic carbocycles. The van der Waals surface area contributed by atoms with Gasteiger partial charge in [0.25, 0.3) is 5.91 Å². The molecule has 0 radical (unpaired) electrons. The van der Waals surface area contributed by atoms with Crippen LogP contribution in [0.4, 0.5) is 4.39 Å². The maximum absolute atomic E-state index is 13.8. The van der Waals surface area contributed by atoms with E-state index >= 15 is 0 Å². The Bertz CT molecular complexity index is 1100. The Labute approximate surface area is 143 Å². The van der Waals surface area contributed by atoms with E-state index in [1.807, 2.05) is 35.9 Å². The molecule has 0 unspecified atom stereocenters. The SMILES string of the molecule is CN(Cc1nc2ccccc2n1C)C(=O)c1cc2c(F)cccc2[nH]1. The normalized spacial score (nSPS) is 11.3. The highest BCUT2D eigenvalue weighted by Gasteiger charge is 2.18. The third kappa shape index (κ3) is 2.55. The Morgan fingerprint density at radius 3 is 2.80 bits per heavy atom. The van der Waals surface area contributed by atoms with Crippen LogP contribution in [0.15, 0.2) is 48.5 Å². The quantitative estimate of drug-likeness (QED) is 0.623. The molecule has 126 valence electrons. The molecule has 0 saturated carbocycles. The van der Waals surface area contributed by atoms with Gasteiger partial charge in [0.05, 0.1) is 17.6 Å². The second-order valence-electron chi connectivity index (χ2n) is 6.12. The number of nitrogens with zero attached hydrogens (tertiary/aromatic N) is 3. The highest BCUT2D eigenvalue weighted by Crippen LogP contribution is 2.20. The topological polar surface area (TPSA) is 53.9 Å². The largest absolute Gasteiger partial charge is 0.350 e. The van der Waals surface area contributed by atoms with Crippen LogP contribution in [0.2, 0.25) is 0 Å². The lowest BCUT2D eigenvalue weighted by Gasteiger charge is -2.16. The van der Waals surface area contributed by atoms with Crippen molar-refractivity contribution in [2.24, 2.45) is 7.05 Å². The smallest absolute Gasteiger partial charge is 0.270 e. The van der Waals surface area contributed by atoms with Crippen LogP contribution in [0.3, 0.4) is 0 Å². The summed E-state index contributed by atoms with van der Waals surface area (Å²) in [7, 11) is 3.64. The molecule has 0 saturated heterocycles. The van der Waals surface area contributed by atoms with Crippen molar-refractivity contribution < 1.29 is 9.18 Å². The van der Waals surface area contributed by atoms with Gasteiger partial charge in [-0.25, -0.2) is 9.37 Å². The van der Waals surface area contributed by atoms with Gasteiger partial charge in [0.15, 0.2) is 0 Å². The number of amides is 1. The molecule has 4 aromatic rings. The molecule has 0 spiro atoms. The first-order valence-corrected chi connectivity index (χ1v) is 7.97. The van der Waals surface area contributed by atoms with Gasteiger partial charge in [0.2, 0.25) is 0 Å². The number of rotatable bonds is 3. The number of carbonyl (C=O) groups excluding carboxylic acids is 1. The van der Waals surface area contributed by atoms with E-state index in [1.165, 1.54) is 6.07 Å². The number of aromatic amines is 1. The zero-order valence-electron chi connectivity index (χ0n) is 14.0. The van der Waals surface area contributed by atoms with Crippen molar-refractivity contribution in [1.82, 2.24) is 19.4 Å². The number of H-pyrrole nitrogens is 1. The number of benzene rings is 2. The Balaban J connectivity index is 1.62. The molecular weight excluding hydrogens is 319 g/mol. The minimum absolute atomic E-state index is 0.206. The molecule has 4 rings (SSSR count). The number of nitrogens with one attached hydrogen (secondary N) is 1. The number of para-hydroxylation sites is 2. The summed E-state index contributed by atoms with van der Waals surface area (Å²) in [6, 6.07) is 14.1. The maximum atomic E-state index is 13.8. The van der Waals surface area contributed by atoms with Gasteiger partial charge in [-0.05, 0) is 30.3 Å². The number of aryl methyl sites for hydroxylation is 1. The van der Waals surface area contributed by atoms with Crippen LogP contribution in [0.5, 0.6) is 0 Å². The van der Waals surface area contributed by atoms with Gasteiger partial charge < -0.3 is 14.5 Å². The Morgan fingerprint density at radius 2 is 2.04 bits per heavy atom. The highest BCUT2D eigenvalue weighted by molar-refractivity contribution is 5.98. The molecule has 0 atom stereocenters. The van der Waals surface area contributed by atoms with Crippen molar-refractivity contribution in [2.75, 3.05) is 7.05 Å². The highest BCUT2D eigenvalue weighted by atomic mass is 19.1. The third-order valence-electron chi connectivity index (χ3n) is 4.45. The minimum atomic E-state index is -0.342. The van der Waals surface area contributed by atoms with E-state index in [9.17, 15) is 9.18 Å². The van der Waals surface area contributed by atoms with Gasteiger partial charge in [-0.2, -0.15) is 0 Å². The maximum Gasteiger partial charge on any atom is 0.270 e. The molecule has 0 fully saturated rings. The lowest BCUT2D eigenvalue weighted by molar-refractivity contribution is 0.0776. The van der Waals surface area contributed by atoms with Crippen molar-refractivity contribution in [3.63, 3.8) is 0 Å². The molecule has 25 heavy (non-hydrogen) atoms. The molecule has 2 aromatic heterocycles. The first-order chi connectivity index (χ1) is 12.0. The third-order valence-corrected chi connectivity index (χ3v) is 4.45. The lowest BCUT2D eigenvalue weighted by atomic mass is 10.2. The molecule has 2 aromatic carbocycles. The molecule has 6 heteroatoms. The first kappa shape index (κ1) is 15.4. The van der Waals surface area contributed by atoms with Crippen molar-refractivity contribution in [1.29, 1.82) is 0 Å². The number of hydrogen-bond donors (Lipinski definition) is 1. The standard InChI is InChI=1S/C19H17FN4O/c1-23(11-18-22-15-7-3-4-9-17(15)24(18)2)19(25)16-10-12-13(20)6-5-8-14(12)21-16/h3-10,21H,11H2,1-2H3. The van der Waals surface area contributed by atoms with E-state index in [1.54, 1.807) is 30.1 Å². The summed E-state index contributed by atoms with van der Waals surface area (Å²) in [5.41, 5.74) is 2.89. The van der Waals surface area contributed by atoms with Gasteiger partial charge in [-0.3, -0.25) is 4.79 Å². The summed E-state index contributed by atoms with van der Waals surface area (Å²) in [6.45, 7) is 0.363. The van der Waals surface area contributed by atoms with Gasteiger partial charge in [0, 0.05) is 25.0 Å². The van der Waals surface area contributed by atoms with Gasteiger partial charge in [0.1, 0.15) is 17.3 Å². The van der Waals surface area contributed by atoms with Crippen LogP contribution in [0, 0.1) is 5.82 Å². The Morgan fingerprint density at radius 1 is 1.24 bits per heavy atom. The zero-order valence-corrected chi connectivity index (χ0v) is 14.0. The number of fused-ring (bicyclic) bond motifs is 2. The predicted molar refractivity (Wildman–Crippen MR) is 94.8 cm³/mol. The molecule has 5 nitrogen and oxygen atoms in total. The summed E-state index contributed by atoms with van der Waals surface area (Å²) in [6.07, 6.45) is 0. The van der Waals surface area contributed by atoms with E-state index < -0.39 is 0 Å². The molecule has 0 bridgehead atoms. The molecule has 0 aliphatic heterocycles. The molecule has 0 aliphatic rings. The summed E-state index contributed by atoms with van der Waals surface area (Å²) in [5.74, 6) is 0.243. The van der Waals surface area contributed by atoms with Gasteiger partial charge >= 0.3 is 0 Å². The van der Waals surface area contributed by atoms with Crippen molar-refractivity contribution in [2.45, 2.75) is 6.54 Å². The van der Waals surface area contributed by atoms with E-state index in [0.717, 1.165) is 16.9 Å². The van der Waals surface area contributed by atoms with Crippen molar-refractivity contribution in [3.05, 3.63) is 65.9 Å². The summed E-state index contributed by atoms with van der Waals surface area (Å²) < 4.78 is 15.8. The van der Waals surface area contributed by atoms with Crippen LogP contribution in [-0.4, -0.2) is 32.4 Å². The van der Waals surface area contributed by atoms with E-state index in [-0.39, 0.29) is 11.7 Å². The second kappa shape index (κ2) is 5.73. The van der Waals surface area contributed by atoms with Gasteiger partial charge in [-0.1, -0.05) is 18.2 Å². The van der Waals surface area contributed by atoms with Crippen LogP contribution in [-0.2, 0) is 13.6 Å². The Kier molecular flexibility index (Phi) is 3.53.